The van der Waals surface area contributed by atoms with E-state index >= 15 is 0 Å². The molecule has 1 amide bonds. The fraction of sp³-hybridized carbons (Fsp3) is 0.312. The van der Waals surface area contributed by atoms with Gasteiger partial charge in [0, 0.05) is 18.6 Å². The third-order valence-electron chi connectivity index (χ3n) is 3.37. The van der Waals surface area contributed by atoms with Crippen LogP contribution >= 0.6 is 11.6 Å². The second-order valence-corrected chi connectivity index (χ2v) is 5.31. The second-order valence-electron chi connectivity index (χ2n) is 4.87. The molecule has 0 aliphatic carbocycles. The van der Waals surface area contributed by atoms with E-state index in [2.05, 4.69) is 9.97 Å². The Kier molecular flexibility index (Phi) is 5.76. The van der Waals surface area contributed by atoms with Crippen molar-refractivity contribution in [2.45, 2.75) is 6.42 Å². The van der Waals surface area contributed by atoms with Gasteiger partial charge in [-0.05, 0) is 24.1 Å². The highest BCUT2D eigenvalue weighted by molar-refractivity contribution is 6.30. The maximum atomic E-state index is 12.6. The summed E-state index contributed by atoms with van der Waals surface area (Å²) in [6.07, 6.45) is 2.00. The van der Waals surface area contributed by atoms with Crippen LogP contribution in [0.4, 0.5) is 0 Å². The number of rotatable bonds is 6. The maximum absolute atomic E-state index is 12.6. The Bertz CT molecular complexity index is 655. The first-order valence-corrected chi connectivity index (χ1v) is 7.37. The summed E-state index contributed by atoms with van der Waals surface area (Å²) in [5.74, 6) is 0.133. The standard InChI is InChI=1S/C16H18ClN3O3/c1-20(9-8-11-4-6-12(17)7-5-11)16(21)13-14(22-2)18-10-19-15(13)23-3/h4-7,10H,8-9H2,1-3H3. The quantitative estimate of drug-likeness (QED) is 0.811. The lowest BCUT2D eigenvalue weighted by Gasteiger charge is -2.19. The smallest absolute Gasteiger partial charge is 0.264 e. The van der Waals surface area contributed by atoms with Crippen LogP contribution in [0.2, 0.25) is 5.02 Å². The molecule has 1 aromatic heterocycles. The van der Waals surface area contributed by atoms with E-state index in [4.69, 9.17) is 21.1 Å². The van der Waals surface area contributed by atoms with Gasteiger partial charge in [0.15, 0.2) is 5.56 Å². The molecule has 23 heavy (non-hydrogen) atoms. The van der Waals surface area contributed by atoms with Crippen molar-refractivity contribution in [3.63, 3.8) is 0 Å². The summed E-state index contributed by atoms with van der Waals surface area (Å²) in [6, 6.07) is 7.53. The van der Waals surface area contributed by atoms with Crippen molar-refractivity contribution in [2.75, 3.05) is 27.8 Å². The minimum Gasteiger partial charge on any atom is -0.480 e. The zero-order valence-corrected chi connectivity index (χ0v) is 14.0. The number of hydrogen-bond acceptors (Lipinski definition) is 5. The van der Waals surface area contributed by atoms with Crippen LogP contribution in [0.5, 0.6) is 11.8 Å². The summed E-state index contributed by atoms with van der Waals surface area (Å²) in [5.41, 5.74) is 1.31. The number of carbonyl (C=O) groups is 1. The molecule has 2 rings (SSSR count). The molecule has 7 heteroatoms. The topological polar surface area (TPSA) is 64.6 Å². The molecule has 0 radical (unpaired) electrons. The van der Waals surface area contributed by atoms with Crippen LogP contribution in [-0.2, 0) is 6.42 Å². The van der Waals surface area contributed by atoms with Crippen molar-refractivity contribution in [3.05, 3.63) is 46.7 Å². The normalized spacial score (nSPS) is 10.3. The average Bonchev–Trinajstić information content (AvgIpc) is 2.59. The minimum atomic E-state index is -0.256. The molecule has 0 spiro atoms. The molecule has 0 aliphatic rings. The molecule has 0 aliphatic heterocycles. The fourth-order valence-electron chi connectivity index (χ4n) is 2.09. The van der Waals surface area contributed by atoms with Crippen molar-refractivity contribution in [1.82, 2.24) is 14.9 Å². The summed E-state index contributed by atoms with van der Waals surface area (Å²) >= 11 is 5.87. The molecule has 1 aromatic carbocycles. The number of benzene rings is 1. The van der Waals surface area contributed by atoms with E-state index in [1.54, 1.807) is 11.9 Å². The van der Waals surface area contributed by atoms with E-state index in [0.29, 0.717) is 18.0 Å². The predicted molar refractivity (Wildman–Crippen MR) is 87.3 cm³/mol. The van der Waals surface area contributed by atoms with Gasteiger partial charge in [0.25, 0.3) is 5.91 Å². The van der Waals surface area contributed by atoms with Crippen molar-refractivity contribution in [1.29, 1.82) is 0 Å². The Hall–Kier alpha value is -2.34. The van der Waals surface area contributed by atoms with E-state index in [1.807, 2.05) is 24.3 Å². The highest BCUT2D eigenvalue weighted by Crippen LogP contribution is 2.24. The van der Waals surface area contributed by atoms with Crippen molar-refractivity contribution < 1.29 is 14.3 Å². The van der Waals surface area contributed by atoms with Gasteiger partial charge in [-0.2, -0.15) is 0 Å². The van der Waals surface area contributed by atoms with Crippen LogP contribution < -0.4 is 9.47 Å². The molecule has 0 saturated heterocycles. The molecular formula is C16H18ClN3O3. The Morgan fingerprint density at radius 1 is 1.13 bits per heavy atom. The van der Waals surface area contributed by atoms with Gasteiger partial charge >= 0.3 is 0 Å². The molecule has 0 atom stereocenters. The number of likely N-dealkylation sites (N-methyl/N-ethyl adjacent to an activating group) is 1. The lowest BCUT2D eigenvalue weighted by molar-refractivity contribution is 0.0787. The summed E-state index contributed by atoms with van der Waals surface area (Å²) < 4.78 is 10.3. The van der Waals surface area contributed by atoms with Gasteiger partial charge < -0.3 is 14.4 Å². The summed E-state index contributed by atoms with van der Waals surface area (Å²) in [4.78, 5) is 22.1. The third-order valence-corrected chi connectivity index (χ3v) is 3.63. The van der Waals surface area contributed by atoms with E-state index < -0.39 is 0 Å². The van der Waals surface area contributed by atoms with Gasteiger partial charge in [-0.3, -0.25) is 4.79 Å². The SMILES string of the molecule is COc1ncnc(OC)c1C(=O)N(C)CCc1ccc(Cl)cc1. The number of aromatic nitrogens is 2. The Labute approximate surface area is 140 Å². The highest BCUT2D eigenvalue weighted by atomic mass is 35.5. The van der Waals surface area contributed by atoms with Gasteiger partial charge in [0.05, 0.1) is 14.2 Å². The molecule has 0 N–H and O–H groups in total. The van der Waals surface area contributed by atoms with Crippen LogP contribution in [0.15, 0.2) is 30.6 Å². The monoisotopic (exact) mass is 335 g/mol. The molecule has 0 fully saturated rings. The van der Waals surface area contributed by atoms with Gasteiger partial charge in [-0.1, -0.05) is 23.7 Å². The number of ether oxygens (including phenoxy) is 2. The third kappa shape index (κ3) is 4.10. The average molecular weight is 336 g/mol. The Morgan fingerprint density at radius 3 is 2.22 bits per heavy atom. The minimum absolute atomic E-state index is 0.195. The van der Waals surface area contributed by atoms with Crippen molar-refractivity contribution >= 4 is 17.5 Å². The van der Waals surface area contributed by atoms with E-state index in [0.717, 1.165) is 5.56 Å². The summed E-state index contributed by atoms with van der Waals surface area (Å²) in [5, 5.41) is 0.689. The number of hydrogen-bond donors (Lipinski definition) is 0. The van der Waals surface area contributed by atoms with Crippen LogP contribution in [0, 0.1) is 0 Å². The highest BCUT2D eigenvalue weighted by Gasteiger charge is 2.23. The predicted octanol–water partition coefficient (Wildman–Crippen LogP) is 2.46. The Morgan fingerprint density at radius 2 is 1.70 bits per heavy atom. The van der Waals surface area contributed by atoms with Crippen LogP contribution in [0.25, 0.3) is 0 Å². The van der Waals surface area contributed by atoms with E-state index in [1.165, 1.54) is 20.5 Å². The first-order valence-electron chi connectivity index (χ1n) is 6.99. The lowest BCUT2D eigenvalue weighted by Crippen LogP contribution is -2.30. The number of carbonyl (C=O) groups excluding carboxylic acids is 1. The molecule has 2 aromatic rings. The van der Waals surface area contributed by atoms with Crippen LogP contribution in [-0.4, -0.2) is 48.6 Å². The van der Waals surface area contributed by atoms with Crippen molar-refractivity contribution in [2.24, 2.45) is 0 Å². The molecule has 0 saturated carbocycles. The molecule has 1 heterocycles. The number of halogens is 1. The molecule has 6 nitrogen and oxygen atoms in total. The summed E-state index contributed by atoms with van der Waals surface area (Å²) in [6.45, 7) is 0.529. The van der Waals surface area contributed by atoms with Crippen LogP contribution in [0.3, 0.4) is 0 Å². The Balaban J connectivity index is 2.12. The fourth-order valence-corrected chi connectivity index (χ4v) is 2.21. The van der Waals surface area contributed by atoms with E-state index in [-0.39, 0.29) is 23.2 Å². The molecule has 0 bridgehead atoms. The number of methoxy groups -OCH3 is 2. The molecular weight excluding hydrogens is 318 g/mol. The van der Waals surface area contributed by atoms with Gasteiger partial charge in [-0.15, -0.1) is 0 Å². The number of nitrogens with zero attached hydrogens (tertiary/aromatic N) is 3. The van der Waals surface area contributed by atoms with Gasteiger partial charge in [-0.25, -0.2) is 9.97 Å². The lowest BCUT2D eigenvalue weighted by atomic mass is 10.1. The van der Waals surface area contributed by atoms with Gasteiger partial charge in [0.2, 0.25) is 11.8 Å². The summed E-state index contributed by atoms with van der Waals surface area (Å²) in [7, 11) is 4.61. The van der Waals surface area contributed by atoms with Crippen molar-refractivity contribution in [3.8, 4) is 11.8 Å². The second kappa shape index (κ2) is 7.78. The molecule has 122 valence electrons. The first kappa shape index (κ1) is 17.0. The van der Waals surface area contributed by atoms with Gasteiger partial charge in [0.1, 0.15) is 6.33 Å². The van der Waals surface area contributed by atoms with Crippen LogP contribution in [0.1, 0.15) is 15.9 Å². The zero-order chi connectivity index (χ0) is 16.8. The number of amides is 1. The van der Waals surface area contributed by atoms with E-state index in [9.17, 15) is 4.79 Å². The largest absolute Gasteiger partial charge is 0.480 e. The maximum Gasteiger partial charge on any atom is 0.264 e. The molecule has 0 unspecified atom stereocenters. The zero-order valence-electron chi connectivity index (χ0n) is 13.2. The first-order chi connectivity index (χ1) is 11.1.